The Morgan fingerprint density at radius 2 is 2.17 bits per heavy atom. The zero-order valence-electron chi connectivity index (χ0n) is 8.40. The molecule has 0 nitrogen and oxygen atoms in total. The zero-order valence-corrected chi connectivity index (χ0v) is 8.40. The predicted molar refractivity (Wildman–Crippen MR) is 53.1 cm³/mol. The molecule has 2 bridgehead atoms. The molecule has 2 atom stereocenters. The Balaban J connectivity index is 2.09. The molecule has 1 fully saturated rings. The van der Waals surface area contributed by atoms with Gasteiger partial charge in [-0.15, -0.1) is 0 Å². The smallest absolute Gasteiger partial charge is 0.0135 e. The second-order valence-corrected chi connectivity index (χ2v) is 4.30. The van der Waals surface area contributed by atoms with E-state index in [0.717, 1.165) is 11.8 Å². The van der Waals surface area contributed by atoms with Crippen LogP contribution < -0.4 is 0 Å². The molecule has 68 valence electrons. The van der Waals surface area contributed by atoms with Crippen LogP contribution in [-0.2, 0) is 0 Å². The average Bonchev–Trinajstić information content (AvgIpc) is 2.14. The lowest BCUT2D eigenvalue weighted by atomic mass is 9.58. The monoisotopic (exact) mass is 164 g/mol. The summed E-state index contributed by atoms with van der Waals surface area (Å²) in [5, 5.41) is 0. The molecule has 0 amide bonds. The first-order chi connectivity index (χ1) is 5.88. The summed E-state index contributed by atoms with van der Waals surface area (Å²) in [5.74, 6) is 2.05. The molecular formula is C12H20. The van der Waals surface area contributed by atoms with Crippen molar-refractivity contribution < 1.29 is 0 Å². The first-order valence-corrected chi connectivity index (χ1v) is 5.60. The Hall–Kier alpha value is -0.260. The molecule has 3 aliphatic rings. The van der Waals surface area contributed by atoms with Crippen molar-refractivity contribution in [2.75, 3.05) is 0 Å². The van der Waals surface area contributed by atoms with Gasteiger partial charge in [-0.3, -0.25) is 0 Å². The summed E-state index contributed by atoms with van der Waals surface area (Å²) < 4.78 is 0. The number of fused-ring (bicyclic) bond motifs is 2. The van der Waals surface area contributed by atoms with E-state index in [2.05, 4.69) is 13.8 Å². The van der Waals surface area contributed by atoms with E-state index >= 15 is 0 Å². The number of hydrogen-bond acceptors (Lipinski definition) is 0. The van der Waals surface area contributed by atoms with E-state index in [1.54, 1.807) is 0 Å². The van der Waals surface area contributed by atoms with Crippen molar-refractivity contribution in [3.63, 3.8) is 0 Å². The molecular weight excluding hydrogens is 144 g/mol. The van der Waals surface area contributed by atoms with Crippen LogP contribution in [0.2, 0.25) is 0 Å². The summed E-state index contributed by atoms with van der Waals surface area (Å²) >= 11 is 0. The standard InChI is InChI=1S/C12H20/c1-3-6-10-11-7-5-8-12(10)9(11)4-2/h10-11H,3-8H2,1-2H3. The molecule has 0 aromatic rings. The third-order valence-electron chi connectivity index (χ3n) is 3.74. The molecule has 0 spiro atoms. The van der Waals surface area contributed by atoms with E-state index < -0.39 is 0 Å². The highest BCUT2D eigenvalue weighted by molar-refractivity contribution is 5.34. The average molecular weight is 164 g/mol. The van der Waals surface area contributed by atoms with Gasteiger partial charge in [-0.05, 0) is 43.9 Å². The topological polar surface area (TPSA) is 0 Å². The van der Waals surface area contributed by atoms with Crippen LogP contribution in [0.25, 0.3) is 0 Å². The fraction of sp³-hybridized carbons (Fsp3) is 0.833. The van der Waals surface area contributed by atoms with Gasteiger partial charge >= 0.3 is 0 Å². The summed E-state index contributed by atoms with van der Waals surface area (Å²) in [6.45, 7) is 4.65. The van der Waals surface area contributed by atoms with Gasteiger partial charge in [0.15, 0.2) is 0 Å². The second-order valence-electron chi connectivity index (χ2n) is 4.30. The van der Waals surface area contributed by atoms with E-state index in [1.807, 2.05) is 11.1 Å². The third-order valence-corrected chi connectivity index (χ3v) is 3.74. The Morgan fingerprint density at radius 1 is 1.33 bits per heavy atom. The number of hydrogen-bond donors (Lipinski definition) is 0. The van der Waals surface area contributed by atoms with Crippen molar-refractivity contribution in [1.29, 1.82) is 0 Å². The normalized spacial score (nSPS) is 33.5. The summed E-state index contributed by atoms with van der Waals surface area (Å²) in [6.07, 6.45) is 8.58. The van der Waals surface area contributed by atoms with Crippen molar-refractivity contribution in [2.45, 2.75) is 52.4 Å². The maximum absolute atomic E-state index is 2.33. The maximum atomic E-state index is 2.33. The Morgan fingerprint density at radius 3 is 2.67 bits per heavy atom. The van der Waals surface area contributed by atoms with E-state index in [0.29, 0.717) is 0 Å². The molecule has 0 aliphatic heterocycles. The first kappa shape index (κ1) is 8.34. The number of rotatable bonds is 3. The fourth-order valence-electron chi connectivity index (χ4n) is 3.28. The first-order valence-electron chi connectivity index (χ1n) is 5.60. The van der Waals surface area contributed by atoms with Crippen LogP contribution in [0.3, 0.4) is 0 Å². The van der Waals surface area contributed by atoms with Crippen molar-refractivity contribution in [3.05, 3.63) is 11.1 Å². The molecule has 0 N–H and O–H groups in total. The predicted octanol–water partition coefficient (Wildman–Crippen LogP) is 3.92. The van der Waals surface area contributed by atoms with Gasteiger partial charge in [0.1, 0.15) is 0 Å². The van der Waals surface area contributed by atoms with E-state index in [-0.39, 0.29) is 0 Å². The molecule has 0 radical (unpaired) electrons. The van der Waals surface area contributed by atoms with Gasteiger partial charge in [-0.1, -0.05) is 31.4 Å². The van der Waals surface area contributed by atoms with Gasteiger partial charge in [0.05, 0.1) is 0 Å². The highest BCUT2D eigenvalue weighted by Crippen LogP contribution is 2.53. The minimum atomic E-state index is 1.03. The van der Waals surface area contributed by atoms with Gasteiger partial charge in [0.25, 0.3) is 0 Å². The van der Waals surface area contributed by atoms with Gasteiger partial charge < -0.3 is 0 Å². The van der Waals surface area contributed by atoms with Crippen molar-refractivity contribution in [1.82, 2.24) is 0 Å². The van der Waals surface area contributed by atoms with Crippen LogP contribution in [-0.4, -0.2) is 0 Å². The largest absolute Gasteiger partial charge is 0.0673 e. The minimum absolute atomic E-state index is 1.03. The van der Waals surface area contributed by atoms with E-state index in [1.165, 1.54) is 38.5 Å². The quantitative estimate of drug-likeness (QED) is 0.554. The van der Waals surface area contributed by atoms with Crippen molar-refractivity contribution >= 4 is 0 Å². The third kappa shape index (κ3) is 1.04. The van der Waals surface area contributed by atoms with E-state index in [9.17, 15) is 0 Å². The molecule has 3 rings (SSSR count). The van der Waals surface area contributed by atoms with Crippen LogP contribution in [0.4, 0.5) is 0 Å². The van der Waals surface area contributed by atoms with Crippen LogP contribution in [0.15, 0.2) is 11.1 Å². The Labute approximate surface area is 76.1 Å². The maximum Gasteiger partial charge on any atom is -0.0135 e. The van der Waals surface area contributed by atoms with Gasteiger partial charge in [-0.2, -0.15) is 0 Å². The Bertz CT molecular complexity index is 200. The lowest BCUT2D eigenvalue weighted by Gasteiger charge is -2.47. The lowest BCUT2D eigenvalue weighted by Crippen LogP contribution is -2.34. The summed E-state index contributed by atoms with van der Waals surface area (Å²) in [5.41, 5.74) is 3.72. The van der Waals surface area contributed by atoms with Gasteiger partial charge in [-0.25, -0.2) is 0 Å². The lowest BCUT2D eigenvalue weighted by molar-refractivity contribution is 0.258. The van der Waals surface area contributed by atoms with Crippen molar-refractivity contribution in [2.24, 2.45) is 11.8 Å². The van der Waals surface area contributed by atoms with Crippen LogP contribution in [0.1, 0.15) is 52.4 Å². The van der Waals surface area contributed by atoms with Crippen molar-refractivity contribution in [3.8, 4) is 0 Å². The molecule has 0 heteroatoms. The summed E-state index contributed by atoms with van der Waals surface area (Å²) in [6, 6.07) is 0. The van der Waals surface area contributed by atoms with Crippen LogP contribution >= 0.6 is 0 Å². The molecule has 0 heterocycles. The molecule has 2 unspecified atom stereocenters. The SMILES string of the molecule is CCCC1C2=C(CC)C1CCC2. The van der Waals surface area contributed by atoms with Crippen LogP contribution in [0.5, 0.6) is 0 Å². The van der Waals surface area contributed by atoms with Gasteiger partial charge in [0, 0.05) is 0 Å². The highest BCUT2D eigenvalue weighted by atomic mass is 14.4. The highest BCUT2D eigenvalue weighted by Gasteiger charge is 2.40. The molecule has 0 saturated heterocycles. The minimum Gasteiger partial charge on any atom is -0.0673 e. The second kappa shape index (κ2) is 3.24. The van der Waals surface area contributed by atoms with Crippen LogP contribution in [0, 0.1) is 11.8 Å². The fourth-order valence-corrected chi connectivity index (χ4v) is 3.28. The summed E-state index contributed by atoms with van der Waals surface area (Å²) in [4.78, 5) is 0. The van der Waals surface area contributed by atoms with E-state index in [4.69, 9.17) is 0 Å². The van der Waals surface area contributed by atoms with Gasteiger partial charge in [0.2, 0.25) is 0 Å². The Kier molecular flexibility index (Phi) is 2.25. The molecule has 1 saturated carbocycles. The molecule has 0 aromatic heterocycles. The summed E-state index contributed by atoms with van der Waals surface area (Å²) in [7, 11) is 0. The zero-order chi connectivity index (χ0) is 8.55. The number of allylic oxidation sites excluding steroid dienone is 2. The molecule has 0 aromatic carbocycles. The molecule has 3 aliphatic carbocycles. The molecule has 12 heavy (non-hydrogen) atoms.